The summed E-state index contributed by atoms with van der Waals surface area (Å²) >= 11 is 0. The second-order valence-electron chi connectivity index (χ2n) is 10.6. The van der Waals surface area contributed by atoms with Gasteiger partial charge in [0.1, 0.15) is 11.5 Å². The van der Waals surface area contributed by atoms with Gasteiger partial charge in [0.25, 0.3) is 0 Å². The molecule has 197 valence electrons. The van der Waals surface area contributed by atoms with Crippen molar-refractivity contribution in [1.29, 1.82) is 0 Å². The van der Waals surface area contributed by atoms with Crippen molar-refractivity contribution in [2.45, 2.75) is 96.6 Å². The van der Waals surface area contributed by atoms with Crippen LogP contribution < -0.4 is 4.74 Å². The van der Waals surface area contributed by atoms with E-state index in [9.17, 15) is 22.0 Å². The average molecular weight is 508 g/mol. The molecule has 0 unspecified atom stereocenters. The molecule has 1 radical (unpaired) electrons. The van der Waals surface area contributed by atoms with Crippen LogP contribution >= 0.6 is 0 Å². The van der Waals surface area contributed by atoms with Gasteiger partial charge in [-0.2, -0.15) is 13.2 Å². The molecule has 0 atom stereocenters. The van der Waals surface area contributed by atoms with Crippen molar-refractivity contribution >= 4 is 0 Å². The van der Waals surface area contributed by atoms with Crippen LogP contribution in [0.4, 0.5) is 22.0 Å². The standard InChI is InChI=1S/C30H36F5O/c1-3-5-19-6-8-20(9-7-19)21-10-12-22(13-11-21)26-18-27(31)28(32)25(4-2)29(26)36-24-16-14-23(15-17-24)30(33,34)35/h14-17,19-22H,3-13H2,1-2H3/t19-,20-,21-,22-. The van der Waals surface area contributed by atoms with E-state index >= 15 is 0 Å². The second kappa shape index (κ2) is 11.5. The minimum atomic E-state index is -4.46. The molecule has 0 N–H and O–H groups in total. The van der Waals surface area contributed by atoms with Crippen molar-refractivity contribution in [2.24, 2.45) is 17.8 Å². The molecule has 2 aromatic rings. The summed E-state index contributed by atoms with van der Waals surface area (Å²) in [5, 5.41) is 0. The Bertz CT molecular complexity index is 997. The highest BCUT2D eigenvalue weighted by Crippen LogP contribution is 2.47. The van der Waals surface area contributed by atoms with E-state index in [1.165, 1.54) is 50.7 Å². The quantitative estimate of drug-likeness (QED) is 0.339. The summed E-state index contributed by atoms with van der Waals surface area (Å²) in [4.78, 5) is 0. The fourth-order valence-electron chi connectivity index (χ4n) is 6.41. The Balaban J connectivity index is 1.51. The third-order valence-electron chi connectivity index (χ3n) is 8.41. The van der Waals surface area contributed by atoms with E-state index in [0.717, 1.165) is 49.7 Å². The molecule has 2 fully saturated rings. The van der Waals surface area contributed by atoms with E-state index < -0.39 is 23.4 Å². The van der Waals surface area contributed by atoms with Crippen molar-refractivity contribution in [3.63, 3.8) is 0 Å². The Hall–Kier alpha value is -2.11. The minimum absolute atomic E-state index is 0.0115. The highest BCUT2D eigenvalue weighted by molar-refractivity contribution is 5.47. The molecule has 0 aromatic heterocycles. The molecule has 0 saturated heterocycles. The van der Waals surface area contributed by atoms with E-state index in [4.69, 9.17) is 4.74 Å². The summed E-state index contributed by atoms with van der Waals surface area (Å²) in [6, 6.07) is 6.93. The van der Waals surface area contributed by atoms with Gasteiger partial charge in [0.2, 0.25) is 0 Å². The van der Waals surface area contributed by atoms with Gasteiger partial charge in [0, 0.05) is 17.2 Å². The number of halogens is 5. The summed E-state index contributed by atoms with van der Waals surface area (Å²) in [6.07, 6.45) is 7.35. The number of hydrogen-bond donors (Lipinski definition) is 0. The van der Waals surface area contributed by atoms with E-state index in [0.29, 0.717) is 11.5 Å². The van der Waals surface area contributed by atoms with Gasteiger partial charge in [-0.25, -0.2) is 8.78 Å². The Morgan fingerprint density at radius 3 is 1.97 bits per heavy atom. The maximum absolute atomic E-state index is 14.7. The van der Waals surface area contributed by atoms with Gasteiger partial charge in [-0.05, 0) is 92.9 Å². The Morgan fingerprint density at radius 1 is 0.861 bits per heavy atom. The van der Waals surface area contributed by atoms with Crippen LogP contribution in [0.1, 0.15) is 101 Å². The van der Waals surface area contributed by atoms with Gasteiger partial charge in [-0.1, -0.05) is 39.5 Å². The van der Waals surface area contributed by atoms with E-state index in [1.54, 1.807) is 6.92 Å². The molecule has 2 aliphatic rings. The molecule has 0 amide bonds. The molecule has 2 aliphatic carbocycles. The first kappa shape index (κ1) is 26.9. The molecule has 1 nitrogen and oxygen atoms in total. The maximum atomic E-state index is 14.7. The molecule has 2 aromatic carbocycles. The van der Waals surface area contributed by atoms with Gasteiger partial charge in [-0.15, -0.1) is 0 Å². The molecule has 36 heavy (non-hydrogen) atoms. The van der Waals surface area contributed by atoms with Gasteiger partial charge in [0.05, 0.1) is 5.56 Å². The number of alkyl halides is 3. The third kappa shape index (κ3) is 6.06. The van der Waals surface area contributed by atoms with Crippen LogP contribution in [0.25, 0.3) is 0 Å². The molecular formula is C30H36F5O. The zero-order valence-electron chi connectivity index (χ0n) is 21.2. The number of ether oxygens (including phenoxy) is 1. The van der Waals surface area contributed by atoms with Crippen LogP contribution in [0.3, 0.4) is 0 Å². The highest BCUT2D eigenvalue weighted by atomic mass is 19.4. The summed E-state index contributed by atoms with van der Waals surface area (Å²) < 4.78 is 74.0. The van der Waals surface area contributed by atoms with E-state index in [1.807, 2.05) is 0 Å². The SMILES string of the molecule is CCC[C@H]1CC[C@H]([C@H]2CC[C@H](c3[c]c(F)c(F)c(CC)c3Oc3ccc(C(F)(F)F)cc3)CC2)CC1. The molecule has 6 heteroatoms. The van der Waals surface area contributed by atoms with Gasteiger partial charge in [0.15, 0.2) is 11.6 Å². The van der Waals surface area contributed by atoms with Gasteiger partial charge < -0.3 is 4.74 Å². The first-order chi connectivity index (χ1) is 17.2. The summed E-state index contributed by atoms with van der Waals surface area (Å²) in [7, 11) is 0. The fraction of sp³-hybridized carbons (Fsp3) is 0.600. The Morgan fingerprint density at radius 2 is 1.44 bits per heavy atom. The van der Waals surface area contributed by atoms with Gasteiger partial charge in [-0.3, -0.25) is 0 Å². The highest BCUT2D eigenvalue weighted by Gasteiger charge is 2.34. The van der Waals surface area contributed by atoms with Crippen LogP contribution in [0, 0.1) is 35.5 Å². The monoisotopic (exact) mass is 507 g/mol. The molecular weight excluding hydrogens is 471 g/mol. The first-order valence-corrected chi connectivity index (χ1v) is 13.5. The molecule has 0 bridgehead atoms. The van der Waals surface area contributed by atoms with Crippen molar-refractivity contribution in [2.75, 3.05) is 0 Å². The molecule has 0 aliphatic heterocycles. The van der Waals surface area contributed by atoms with Crippen LogP contribution in [0.15, 0.2) is 24.3 Å². The third-order valence-corrected chi connectivity index (χ3v) is 8.41. The number of hydrogen-bond acceptors (Lipinski definition) is 1. The normalized spacial score (nSPS) is 25.1. The lowest BCUT2D eigenvalue weighted by Crippen LogP contribution is -2.25. The van der Waals surface area contributed by atoms with Crippen molar-refractivity contribution in [1.82, 2.24) is 0 Å². The lowest BCUT2D eigenvalue weighted by atomic mass is 9.68. The fourth-order valence-corrected chi connectivity index (χ4v) is 6.41. The first-order valence-electron chi connectivity index (χ1n) is 13.5. The van der Waals surface area contributed by atoms with Crippen LogP contribution in [0.2, 0.25) is 0 Å². The van der Waals surface area contributed by atoms with Crippen LogP contribution in [-0.4, -0.2) is 0 Å². The van der Waals surface area contributed by atoms with E-state index in [-0.39, 0.29) is 29.4 Å². The topological polar surface area (TPSA) is 9.23 Å². The minimum Gasteiger partial charge on any atom is -0.457 e. The Kier molecular flexibility index (Phi) is 8.62. The van der Waals surface area contributed by atoms with Crippen molar-refractivity contribution in [3.8, 4) is 11.5 Å². The molecule has 0 heterocycles. The number of benzene rings is 2. The smallest absolute Gasteiger partial charge is 0.416 e. The molecule has 4 rings (SSSR count). The summed E-state index contributed by atoms with van der Waals surface area (Å²) in [6.45, 7) is 3.97. The number of rotatable bonds is 7. The zero-order valence-corrected chi connectivity index (χ0v) is 21.2. The predicted molar refractivity (Wildman–Crippen MR) is 131 cm³/mol. The van der Waals surface area contributed by atoms with Crippen LogP contribution in [0.5, 0.6) is 11.5 Å². The average Bonchev–Trinajstić information content (AvgIpc) is 2.87. The largest absolute Gasteiger partial charge is 0.457 e. The summed E-state index contributed by atoms with van der Waals surface area (Å²) in [5.74, 6) is 0.634. The summed E-state index contributed by atoms with van der Waals surface area (Å²) in [5.41, 5.74) is -0.169. The zero-order chi connectivity index (χ0) is 25.9. The van der Waals surface area contributed by atoms with Crippen molar-refractivity contribution in [3.05, 3.63) is 58.7 Å². The molecule has 2 saturated carbocycles. The lowest BCUT2D eigenvalue weighted by molar-refractivity contribution is -0.137. The van der Waals surface area contributed by atoms with Crippen LogP contribution in [-0.2, 0) is 12.6 Å². The van der Waals surface area contributed by atoms with Crippen molar-refractivity contribution < 1.29 is 26.7 Å². The maximum Gasteiger partial charge on any atom is 0.416 e. The lowest BCUT2D eigenvalue weighted by Gasteiger charge is -2.38. The van der Waals surface area contributed by atoms with Gasteiger partial charge >= 0.3 is 6.18 Å². The predicted octanol–water partition coefficient (Wildman–Crippen LogP) is 10.0. The Labute approximate surface area is 211 Å². The molecule has 0 spiro atoms. The van der Waals surface area contributed by atoms with E-state index in [2.05, 4.69) is 13.0 Å². The second-order valence-corrected chi connectivity index (χ2v) is 10.6.